The molecule has 0 saturated carbocycles. The lowest BCUT2D eigenvalue weighted by atomic mass is 9.98. The van der Waals surface area contributed by atoms with Gasteiger partial charge in [0.25, 0.3) is 10.0 Å². The van der Waals surface area contributed by atoms with E-state index in [0.717, 1.165) is 10.8 Å². The first-order valence-corrected chi connectivity index (χ1v) is 6.40. The first kappa shape index (κ1) is 16.0. The molecule has 0 amide bonds. The zero-order valence-corrected chi connectivity index (χ0v) is 10.7. The lowest BCUT2D eigenvalue weighted by molar-refractivity contribution is 0.203. The molecule has 1 N–H and O–H groups in total. The van der Waals surface area contributed by atoms with Gasteiger partial charge >= 0.3 is 5.76 Å². The molecule has 1 aliphatic rings. The third-order valence-corrected chi connectivity index (χ3v) is 4.19. The van der Waals surface area contributed by atoms with Crippen molar-refractivity contribution in [1.29, 1.82) is 0 Å². The van der Waals surface area contributed by atoms with Crippen LogP contribution in [0.25, 0.3) is 0 Å². The molecular formula is C8H17ClF2N2O2S. The number of hydrogen-bond acceptors (Lipinski definition) is 3. The molecule has 98 valence electrons. The minimum absolute atomic E-state index is 0. The highest BCUT2D eigenvalue weighted by Crippen LogP contribution is 2.21. The Labute approximate surface area is 101 Å². The number of hydrogen-bond donors (Lipinski definition) is 1. The molecule has 8 heteroatoms. The molecule has 16 heavy (non-hydrogen) atoms. The third-order valence-electron chi connectivity index (χ3n) is 2.65. The second-order valence-corrected chi connectivity index (χ2v) is 5.61. The summed E-state index contributed by atoms with van der Waals surface area (Å²) in [7, 11) is -2.54. The van der Waals surface area contributed by atoms with E-state index in [0.29, 0.717) is 18.8 Å². The van der Waals surface area contributed by atoms with Crippen LogP contribution >= 0.6 is 12.4 Å². The number of nitrogens with one attached hydrogen (secondary N) is 1. The average molecular weight is 279 g/mol. The van der Waals surface area contributed by atoms with Gasteiger partial charge in [-0.05, 0) is 32.4 Å². The van der Waals surface area contributed by atoms with E-state index in [-0.39, 0.29) is 25.5 Å². The Balaban J connectivity index is 0.00000225. The van der Waals surface area contributed by atoms with Crippen LogP contribution in [-0.4, -0.2) is 45.2 Å². The van der Waals surface area contributed by atoms with E-state index in [2.05, 4.69) is 5.32 Å². The molecule has 1 saturated heterocycles. The monoisotopic (exact) mass is 278 g/mol. The maximum atomic E-state index is 12.2. The molecule has 1 aliphatic heterocycles. The van der Waals surface area contributed by atoms with Crippen molar-refractivity contribution < 1.29 is 17.2 Å². The van der Waals surface area contributed by atoms with Gasteiger partial charge in [0.2, 0.25) is 0 Å². The zero-order chi connectivity index (χ0) is 11.5. The first-order valence-electron chi connectivity index (χ1n) is 4.90. The van der Waals surface area contributed by atoms with E-state index >= 15 is 0 Å². The van der Waals surface area contributed by atoms with Gasteiger partial charge < -0.3 is 5.32 Å². The fraction of sp³-hybridized carbons (Fsp3) is 1.00. The van der Waals surface area contributed by atoms with Crippen LogP contribution in [-0.2, 0) is 10.0 Å². The molecular weight excluding hydrogens is 262 g/mol. The summed E-state index contributed by atoms with van der Waals surface area (Å²) < 4.78 is 47.5. The van der Waals surface area contributed by atoms with Crippen molar-refractivity contribution in [2.45, 2.75) is 18.6 Å². The molecule has 1 fully saturated rings. The summed E-state index contributed by atoms with van der Waals surface area (Å²) in [6.45, 7) is 1.22. The van der Waals surface area contributed by atoms with Gasteiger partial charge in [-0.3, -0.25) is 0 Å². The number of piperidine rings is 1. The number of halogens is 3. The van der Waals surface area contributed by atoms with Crippen LogP contribution in [0.1, 0.15) is 12.8 Å². The standard InChI is InChI=1S/C8H16F2N2O2S.ClH/c1-11-6-7-2-4-12(5-3-7)15(13,14)8(9)10;/h7-8,11H,2-6H2,1H3;1H. The molecule has 0 aliphatic carbocycles. The Morgan fingerprint density at radius 3 is 2.25 bits per heavy atom. The Morgan fingerprint density at radius 2 is 1.88 bits per heavy atom. The van der Waals surface area contributed by atoms with Gasteiger partial charge in [0.1, 0.15) is 0 Å². The van der Waals surface area contributed by atoms with E-state index < -0.39 is 15.8 Å². The van der Waals surface area contributed by atoms with E-state index in [1.54, 1.807) is 0 Å². The van der Waals surface area contributed by atoms with Crippen LogP contribution in [0.15, 0.2) is 0 Å². The van der Waals surface area contributed by atoms with Crippen molar-refractivity contribution in [3.63, 3.8) is 0 Å². The van der Waals surface area contributed by atoms with E-state index in [9.17, 15) is 17.2 Å². The molecule has 0 bridgehead atoms. The molecule has 4 nitrogen and oxygen atoms in total. The molecule has 1 heterocycles. The first-order chi connectivity index (χ1) is 6.98. The second kappa shape index (κ2) is 6.68. The molecule has 0 aromatic heterocycles. The third kappa shape index (κ3) is 3.80. The molecule has 0 atom stereocenters. The quantitative estimate of drug-likeness (QED) is 0.831. The lowest BCUT2D eigenvalue weighted by Gasteiger charge is -2.30. The summed E-state index contributed by atoms with van der Waals surface area (Å²) in [5.74, 6) is -2.91. The van der Waals surface area contributed by atoms with Crippen LogP contribution < -0.4 is 5.32 Å². The maximum absolute atomic E-state index is 12.2. The molecule has 0 aromatic rings. The van der Waals surface area contributed by atoms with Crippen LogP contribution in [0, 0.1) is 5.92 Å². The van der Waals surface area contributed by atoms with Crippen molar-refractivity contribution in [3.8, 4) is 0 Å². The van der Waals surface area contributed by atoms with Crippen LogP contribution in [0.5, 0.6) is 0 Å². The van der Waals surface area contributed by atoms with Crippen molar-refractivity contribution in [3.05, 3.63) is 0 Å². The highest BCUT2D eigenvalue weighted by Gasteiger charge is 2.34. The van der Waals surface area contributed by atoms with Gasteiger partial charge in [-0.1, -0.05) is 0 Å². The van der Waals surface area contributed by atoms with Crippen molar-refractivity contribution in [1.82, 2.24) is 9.62 Å². The normalized spacial score (nSPS) is 19.8. The van der Waals surface area contributed by atoms with Crippen molar-refractivity contribution in [2.75, 3.05) is 26.7 Å². The van der Waals surface area contributed by atoms with Crippen LogP contribution in [0.4, 0.5) is 8.78 Å². The number of nitrogens with zero attached hydrogens (tertiary/aromatic N) is 1. The maximum Gasteiger partial charge on any atom is 0.350 e. The molecule has 0 spiro atoms. The van der Waals surface area contributed by atoms with Gasteiger partial charge in [-0.2, -0.15) is 13.1 Å². The zero-order valence-electron chi connectivity index (χ0n) is 9.03. The van der Waals surface area contributed by atoms with Crippen LogP contribution in [0.3, 0.4) is 0 Å². The summed E-state index contributed by atoms with van der Waals surface area (Å²) in [4.78, 5) is 0. The Bertz CT molecular complexity index is 292. The van der Waals surface area contributed by atoms with Crippen molar-refractivity contribution in [2.24, 2.45) is 5.92 Å². The topological polar surface area (TPSA) is 49.4 Å². The smallest absolute Gasteiger partial charge is 0.319 e. The molecule has 0 unspecified atom stereocenters. The minimum atomic E-state index is -4.36. The lowest BCUT2D eigenvalue weighted by Crippen LogP contribution is -2.42. The average Bonchev–Trinajstić information content (AvgIpc) is 2.19. The number of sulfonamides is 1. The van der Waals surface area contributed by atoms with E-state index in [1.165, 1.54) is 0 Å². The number of rotatable bonds is 4. The minimum Gasteiger partial charge on any atom is -0.319 e. The summed E-state index contributed by atoms with van der Waals surface area (Å²) >= 11 is 0. The Hall–Kier alpha value is 0.0200. The van der Waals surface area contributed by atoms with Crippen LogP contribution in [0.2, 0.25) is 0 Å². The highest BCUT2D eigenvalue weighted by atomic mass is 35.5. The van der Waals surface area contributed by atoms with Gasteiger partial charge in [-0.15, -0.1) is 12.4 Å². The molecule has 0 radical (unpaired) electrons. The summed E-state index contributed by atoms with van der Waals surface area (Å²) in [5.41, 5.74) is 0. The SMILES string of the molecule is CNCC1CCN(S(=O)(=O)C(F)F)CC1.Cl. The van der Waals surface area contributed by atoms with E-state index in [1.807, 2.05) is 7.05 Å². The van der Waals surface area contributed by atoms with Gasteiger partial charge in [-0.25, -0.2) is 8.42 Å². The summed E-state index contributed by atoms with van der Waals surface area (Å²) in [6.07, 6.45) is 1.29. The predicted octanol–water partition coefficient (Wildman–Crippen LogP) is 0.892. The van der Waals surface area contributed by atoms with Gasteiger partial charge in [0.15, 0.2) is 0 Å². The highest BCUT2D eigenvalue weighted by molar-refractivity contribution is 7.89. The molecule has 0 aromatic carbocycles. The summed E-state index contributed by atoms with van der Waals surface area (Å²) in [5, 5.41) is 3.00. The van der Waals surface area contributed by atoms with Gasteiger partial charge in [0, 0.05) is 13.1 Å². The summed E-state index contributed by atoms with van der Waals surface area (Å²) in [6, 6.07) is 0. The molecule has 1 rings (SSSR count). The number of alkyl halides is 2. The predicted molar refractivity (Wildman–Crippen MR) is 60.4 cm³/mol. The van der Waals surface area contributed by atoms with Crippen molar-refractivity contribution >= 4 is 22.4 Å². The largest absolute Gasteiger partial charge is 0.350 e. The fourth-order valence-electron chi connectivity index (χ4n) is 1.77. The second-order valence-electron chi connectivity index (χ2n) is 3.71. The Kier molecular flexibility index (Phi) is 6.69. The van der Waals surface area contributed by atoms with Gasteiger partial charge in [0.05, 0.1) is 0 Å². The Morgan fingerprint density at radius 1 is 1.38 bits per heavy atom. The fourth-order valence-corrected chi connectivity index (χ4v) is 2.71. The van der Waals surface area contributed by atoms with E-state index in [4.69, 9.17) is 0 Å².